The third-order valence-corrected chi connectivity index (χ3v) is 4.32. The van der Waals surface area contributed by atoms with Crippen LogP contribution in [0.5, 0.6) is 0 Å². The van der Waals surface area contributed by atoms with Gasteiger partial charge in [0.15, 0.2) is 0 Å². The van der Waals surface area contributed by atoms with Crippen molar-refractivity contribution in [3.63, 3.8) is 0 Å². The van der Waals surface area contributed by atoms with E-state index in [9.17, 15) is 4.57 Å². The van der Waals surface area contributed by atoms with Crippen molar-refractivity contribution in [3.8, 4) is 0 Å². The number of rotatable bonds is 3. The van der Waals surface area contributed by atoms with E-state index in [2.05, 4.69) is 12.2 Å². The van der Waals surface area contributed by atoms with Crippen molar-refractivity contribution in [3.05, 3.63) is 0 Å². The molecule has 16 heavy (non-hydrogen) atoms. The molecule has 2 rings (SSSR count). The van der Waals surface area contributed by atoms with Gasteiger partial charge in [0.2, 0.25) is 0 Å². The summed E-state index contributed by atoms with van der Waals surface area (Å²) in [5.74, 6) is 0. The Kier molecular flexibility index (Phi) is 3.50. The fourth-order valence-corrected chi connectivity index (χ4v) is 4.38. The number of hydrogen-bond donors (Lipinski definition) is 1. The molecule has 1 aliphatic heterocycles. The Bertz CT molecular complexity index is 323. The average molecular weight is 264 g/mol. The van der Waals surface area contributed by atoms with Crippen molar-refractivity contribution in [2.45, 2.75) is 43.1 Å². The van der Waals surface area contributed by atoms with E-state index < -0.39 is 12.2 Å². The van der Waals surface area contributed by atoms with Crippen LogP contribution in [-0.4, -0.2) is 45.4 Å². The molecule has 5 atom stereocenters. The Balaban J connectivity index is 2.21. The van der Waals surface area contributed by atoms with Crippen LogP contribution in [0.2, 0.25) is 0 Å². The van der Waals surface area contributed by atoms with E-state index in [1.165, 1.54) is 6.66 Å². The van der Waals surface area contributed by atoms with Crippen LogP contribution < -0.4 is 0 Å². The monoisotopic (exact) mass is 264 g/mol. The van der Waals surface area contributed by atoms with E-state index in [4.69, 9.17) is 14.0 Å². The maximum Gasteiger partial charge on any atom is 0.252 e. The number of methoxy groups -OCH3 is 1. The smallest absolute Gasteiger partial charge is 0.252 e. The van der Waals surface area contributed by atoms with Crippen molar-refractivity contribution in [1.82, 2.24) is 0 Å². The van der Waals surface area contributed by atoms with Crippen LogP contribution in [0.4, 0.5) is 0 Å². The summed E-state index contributed by atoms with van der Waals surface area (Å²) in [6.45, 7) is -1.27. The molecule has 0 spiro atoms. The van der Waals surface area contributed by atoms with E-state index in [1.807, 2.05) is 7.85 Å². The van der Waals surface area contributed by atoms with Gasteiger partial charge >= 0.3 is 0 Å². The van der Waals surface area contributed by atoms with Crippen LogP contribution in [0, 0.1) is 0 Å². The van der Waals surface area contributed by atoms with E-state index in [0.717, 1.165) is 19.3 Å². The lowest BCUT2D eigenvalue weighted by Crippen LogP contribution is -2.40. The molecule has 4 nitrogen and oxygen atoms in total. The lowest BCUT2D eigenvalue weighted by molar-refractivity contribution is -0.0626. The Morgan fingerprint density at radius 3 is 2.88 bits per heavy atom. The van der Waals surface area contributed by atoms with Gasteiger partial charge in [-0.25, -0.2) is 0 Å². The summed E-state index contributed by atoms with van der Waals surface area (Å²) in [5.41, 5.74) is -0.452. The third-order valence-electron chi connectivity index (χ3n) is 3.37. The Morgan fingerprint density at radius 2 is 2.31 bits per heavy atom. The van der Waals surface area contributed by atoms with Crippen molar-refractivity contribution in [2.24, 2.45) is 0 Å². The zero-order valence-electron chi connectivity index (χ0n) is 9.88. The molecule has 0 radical (unpaired) electrons. The summed E-state index contributed by atoms with van der Waals surface area (Å²) in [5, 5.41) is 0. The minimum absolute atomic E-state index is 0.0461. The minimum Gasteiger partial charge on any atom is -0.379 e. The van der Waals surface area contributed by atoms with Gasteiger partial charge < -0.3 is 14.0 Å². The molecular formula is C9H18BO4PS. The minimum atomic E-state index is -2.80. The highest BCUT2D eigenvalue weighted by Crippen LogP contribution is 2.58. The fourth-order valence-electron chi connectivity index (χ4n) is 2.95. The summed E-state index contributed by atoms with van der Waals surface area (Å²) in [6, 6.07) is 0.128. The van der Waals surface area contributed by atoms with Gasteiger partial charge in [0, 0.05) is 19.8 Å². The predicted octanol–water partition coefficient (Wildman–Crippen LogP) is 1.05. The molecule has 1 saturated heterocycles. The SMILES string of the molecule is BC1C[C@@]2(OP(C)(=O)S)CC[C@@H](OC)C2O1. The van der Waals surface area contributed by atoms with Gasteiger partial charge in [-0.1, -0.05) is 12.2 Å². The lowest BCUT2D eigenvalue weighted by atomic mass is 9.88. The number of fused-ring (bicyclic) bond motifs is 1. The average Bonchev–Trinajstić information content (AvgIpc) is 2.55. The second kappa shape index (κ2) is 4.32. The highest BCUT2D eigenvalue weighted by atomic mass is 32.7. The number of hydrogen-bond acceptors (Lipinski definition) is 4. The van der Waals surface area contributed by atoms with Gasteiger partial charge in [-0.2, -0.15) is 0 Å². The maximum absolute atomic E-state index is 11.8. The zero-order chi connectivity index (χ0) is 12.0. The molecule has 0 amide bonds. The molecule has 3 unspecified atom stereocenters. The van der Waals surface area contributed by atoms with Crippen LogP contribution in [0.25, 0.3) is 0 Å². The molecule has 92 valence electrons. The molecule has 0 aromatic rings. The van der Waals surface area contributed by atoms with E-state index in [0.29, 0.717) is 0 Å². The number of ether oxygens (including phenoxy) is 2. The topological polar surface area (TPSA) is 44.8 Å². The van der Waals surface area contributed by atoms with Crippen LogP contribution in [0.3, 0.4) is 0 Å². The second-order valence-electron chi connectivity index (χ2n) is 4.84. The summed E-state index contributed by atoms with van der Waals surface area (Å²) in [7, 11) is 3.69. The standard InChI is InChI=1S/C9H18BO4PS/c1-12-6-3-4-9(14-15(2,11)16)5-7(10)13-8(6)9/h6-8H,3-5,10H2,1-2H3,(H,11,16)/t6-,7?,8?,9+,15?/m1/s1. The maximum atomic E-state index is 11.8. The third kappa shape index (κ3) is 2.36. The largest absolute Gasteiger partial charge is 0.379 e. The Hall–Kier alpha value is 0.525. The molecule has 0 N–H and O–H groups in total. The molecular weight excluding hydrogens is 246 g/mol. The zero-order valence-corrected chi connectivity index (χ0v) is 11.7. The molecule has 2 aliphatic rings. The van der Waals surface area contributed by atoms with E-state index >= 15 is 0 Å². The first-order valence-corrected chi connectivity index (χ1v) is 8.78. The van der Waals surface area contributed by atoms with Gasteiger partial charge in [0.05, 0.1) is 6.10 Å². The van der Waals surface area contributed by atoms with E-state index in [1.54, 1.807) is 7.11 Å². The van der Waals surface area contributed by atoms with Crippen LogP contribution >= 0.6 is 18.8 Å². The Labute approximate surface area is 102 Å². The summed E-state index contributed by atoms with van der Waals surface area (Å²) in [6.07, 6.45) is 2.44. The van der Waals surface area contributed by atoms with Gasteiger partial charge in [-0.15, -0.1) is 0 Å². The quantitative estimate of drug-likeness (QED) is 0.470. The van der Waals surface area contributed by atoms with Crippen molar-refractivity contribution < 1.29 is 18.6 Å². The van der Waals surface area contributed by atoms with Gasteiger partial charge in [-0.05, 0) is 19.3 Å². The van der Waals surface area contributed by atoms with Crippen molar-refractivity contribution in [1.29, 1.82) is 0 Å². The van der Waals surface area contributed by atoms with Crippen LogP contribution in [0.1, 0.15) is 19.3 Å². The Morgan fingerprint density at radius 1 is 1.62 bits per heavy atom. The van der Waals surface area contributed by atoms with E-state index in [-0.39, 0.29) is 18.2 Å². The molecule has 1 saturated carbocycles. The highest BCUT2D eigenvalue weighted by Gasteiger charge is 2.57. The molecule has 0 aromatic heterocycles. The number of thiol groups is 1. The molecule has 0 aromatic carbocycles. The summed E-state index contributed by atoms with van der Waals surface area (Å²) < 4.78 is 28.7. The van der Waals surface area contributed by atoms with Crippen molar-refractivity contribution in [2.75, 3.05) is 13.8 Å². The van der Waals surface area contributed by atoms with Crippen LogP contribution in [0.15, 0.2) is 0 Å². The highest BCUT2D eigenvalue weighted by molar-refractivity contribution is 8.46. The normalized spacial score (nSPS) is 46.6. The molecule has 0 bridgehead atoms. The summed E-state index contributed by atoms with van der Waals surface area (Å²) >= 11 is 4.03. The van der Waals surface area contributed by atoms with Crippen LogP contribution in [-0.2, 0) is 18.6 Å². The van der Waals surface area contributed by atoms with Gasteiger partial charge in [0.25, 0.3) is 6.57 Å². The second-order valence-corrected chi connectivity index (χ2v) is 8.81. The molecule has 1 aliphatic carbocycles. The lowest BCUT2D eigenvalue weighted by Gasteiger charge is -2.30. The first kappa shape index (κ1) is 13.0. The first-order chi connectivity index (χ1) is 7.36. The van der Waals surface area contributed by atoms with Gasteiger partial charge in [0.1, 0.15) is 19.6 Å². The fraction of sp³-hybridized carbons (Fsp3) is 1.00. The molecule has 7 heteroatoms. The summed E-state index contributed by atoms with van der Waals surface area (Å²) in [4.78, 5) is 0. The molecule has 1 heterocycles. The first-order valence-electron chi connectivity index (χ1n) is 5.55. The van der Waals surface area contributed by atoms with Crippen molar-refractivity contribution >= 4 is 26.7 Å². The molecule has 2 fully saturated rings. The predicted molar refractivity (Wildman–Crippen MR) is 68.2 cm³/mol. The van der Waals surface area contributed by atoms with Gasteiger partial charge in [-0.3, -0.25) is 4.57 Å².